The van der Waals surface area contributed by atoms with E-state index in [1.54, 1.807) is 0 Å². The second-order valence-corrected chi connectivity index (χ2v) is 5.83. The minimum atomic E-state index is -0.597. The number of carbonyl (C=O) groups excluding carboxylic acids is 2. The predicted molar refractivity (Wildman–Crippen MR) is 80.6 cm³/mol. The van der Waals surface area contributed by atoms with E-state index in [9.17, 15) is 9.59 Å². The van der Waals surface area contributed by atoms with Crippen LogP contribution in [0, 0.1) is 11.8 Å². The van der Waals surface area contributed by atoms with Gasteiger partial charge in [0.05, 0.1) is 6.20 Å². The van der Waals surface area contributed by atoms with E-state index in [2.05, 4.69) is 20.6 Å². The second-order valence-electron chi connectivity index (χ2n) is 5.83. The Morgan fingerprint density at radius 1 is 1.00 bits per heavy atom. The Morgan fingerprint density at radius 3 is 2.14 bits per heavy atom. The summed E-state index contributed by atoms with van der Waals surface area (Å²) in [4.78, 5) is 32.2. The Bertz CT molecular complexity index is 474. The van der Waals surface area contributed by atoms with Crippen molar-refractivity contribution >= 4 is 11.8 Å². The van der Waals surface area contributed by atoms with Crippen LogP contribution >= 0.6 is 0 Å². The molecule has 2 atom stereocenters. The maximum absolute atomic E-state index is 12.3. The van der Waals surface area contributed by atoms with E-state index >= 15 is 0 Å². The van der Waals surface area contributed by atoms with Gasteiger partial charge in [0.1, 0.15) is 11.7 Å². The van der Waals surface area contributed by atoms with Crippen molar-refractivity contribution in [2.75, 3.05) is 0 Å². The van der Waals surface area contributed by atoms with Crippen LogP contribution in [0.4, 0.5) is 0 Å². The van der Waals surface area contributed by atoms with E-state index in [-0.39, 0.29) is 23.6 Å². The quantitative estimate of drug-likeness (QED) is 0.830. The van der Waals surface area contributed by atoms with Crippen LogP contribution in [0.2, 0.25) is 0 Å². The maximum atomic E-state index is 12.3. The van der Waals surface area contributed by atoms with Crippen molar-refractivity contribution in [3.05, 3.63) is 24.3 Å². The van der Waals surface area contributed by atoms with Gasteiger partial charge in [-0.2, -0.15) is 0 Å². The molecule has 0 spiro atoms. The zero-order chi connectivity index (χ0) is 16.0. The third-order valence-corrected chi connectivity index (χ3v) is 3.40. The van der Waals surface area contributed by atoms with Gasteiger partial charge in [0.2, 0.25) is 5.91 Å². The minimum Gasteiger partial charge on any atom is -0.352 e. The van der Waals surface area contributed by atoms with Crippen LogP contribution in [0.15, 0.2) is 18.6 Å². The zero-order valence-electron chi connectivity index (χ0n) is 13.3. The molecule has 0 aliphatic heterocycles. The molecule has 21 heavy (non-hydrogen) atoms. The lowest BCUT2D eigenvalue weighted by Crippen LogP contribution is -2.52. The van der Waals surface area contributed by atoms with Gasteiger partial charge in [-0.05, 0) is 18.8 Å². The molecule has 2 amide bonds. The number of hydrogen-bond donors (Lipinski definition) is 2. The fourth-order valence-electron chi connectivity index (χ4n) is 1.65. The monoisotopic (exact) mass is 292 g/mol. The molecule has 6 heteroatoms. The van der Waals surface area contributed by atoms with Gasteiger partial charge < -0.3 is 10.6 Å². The normalized spacial score (nSPS) is 13.9. The van der Waals surface area contributed by atoms with E-state index in [1.165, 1.54) is 18.6 Å². The third kappa shape index (κ3) is 5.13. The molecule has 1 rings (SSSR count). The first-order valence-electron chi connectivity index (χ1n) is 7.20. The van der Waals surface area contributed by atoms with E-state index in [0.29, 0.717) is 5.92 Å². The molecule has 0 fully saturated rings. The van der Waals surface area contributed by atoms with E-state index in [1.807, 2.05) is 34.6 Å². The molecule has 0 saturated carbocycles. The lowest BCUT2D eigenvalue weighted by atomic mass is 10.0. The molecule has 1 heterocycles. The van der Waals surface area contributed by atoms with Crippen LogP contribution in [0.5, 0.6) is 0 Å². The van der Waals surface area contributed by atoms with Crippen molar-refractivity contribution in [1.29, 1.82) is 0 Å². The summed E-state index contributed by atoms with van der Waals surface area (Å²) in [5.41, 5.74) is 0.202. The summed E-state index contributed by atoms with van der Waals surface area (Å²) in [7, 11) is 0. The van der Waals surface area contributed by atoms with E-state index in [0.717, 1.165) is 0 Å². The smallest absolute Gasteiger partial charge is 0.272 e. The first kappa shape index (κ1) is 17.1. The highest BCUT2D eigenvalue weighted by Gasteiger charge is 2.26. The number of nitrogens with zero attached hydrogens (tertiary/aromatic N) is 2. The van der Waals surface area contributed by atoms with Gasteiger partial charge in [-0.25, -0.2) is 4.98 Å². The van der Waals surface area contributed by atoms with Gasteiger partial charge in [0, 0.05) is 18.4 Å². The summed E-state index contributed by atoms with van der Waals surface area (Å²) >= 11 is 0. The summed E-state index contributed by atoms with van der Waals surface area (Å²) < 4.78 is 0. The number of aromatic nitrogens is 2. The van der Waals surface area contributed by atoms with Crippen LogP contribution in [0.3, 0.4) is 0 Å². The summed E-state index contributed by atoms with van der Waals surface area (Å²) in [6.45, 7) is 9.80. The largest absolute Gasteiger partial charge is 0.352 e. The van der Waals surface area contributed by atoms with E-state index in [4.69, 9.17) is 0 Å². The highest BCUT2D eigenvalue weighted by molar-refractivity contribution is 5.96. The van der Waals surface area contributed by atoms with Crippen molar-refractivity contribution in [2.45, 2.75) is 46.7 Å². The fourth-order valence-corrected chi connectivity index (χ4v) is 1.65. The van der Waals surface area contributed by atoms with Crippen LogP contribution in [0.25, 0.3) is 0 Å². The van der Waals surface area contributed by atoms with E-state index < -0.39 is 11.9 Å². The molecule has 6 nitrogen and oxygen atoms in total. The summed E-state index contributed by atoms with van der Waals surface area (Å²) in [5, 5.41) is 5.65. The highest BCUT2D eigenvalue weighted by Crippen LogP contribution is 2.06. The molecule has 1 aromatic heterocycles. The van der Waals surface area contributed by atoms with Gasteiger partial charge in [-0.3, -0.25) is 14.6 Å². The minimum absolute atomic E-state index is 0.0232. The number of nitrogens with one attached hydrogen (secondary N) is 2. The van der Waals surface area contributed by atoms with Crippen molar-refractivity contribution in [1.82, 2.24) is 20.6 Å². The Hall–Kier alpha value is -1.98. The van der Waals surface area contributed by atoms with Crippen molar-refractivity contribution in [3.63, 3.8) is 0 Å². The van der Waals surface area contributed by atoms with Gasteiger partial charge >= 0.3 is 0 Å². The maximum Gasteiger partial charge on any atom is 0.272 e. The standard InChI is InChI=1S/C15H24N4O2/c1-9(2)11(5)18-15(21)13(10(3)4)19-14(20)12-8-16-6-7-17-12/h6-11,13H,1-5H3,(H,18,21)(H,19,20). The molecular formula is C15H24N4O2. The molecule has 2 N–H and O–H groups in total. The van der Waals surface area contributed by atoms with Gasteiger partial charge in [-0.15, -0.1) is 0 Å². The molecule has 0 saturated heterocycles. The first-order valence-corrected chi connectivity index (χ1v) is 7.20. The van der Waals surface area contributed by atoms with Gasteiger partial charge in [0.25, 0.3) is 5.91 Å². The van der Waals surface area contributed by atoms with Crippen molar-refractivity contribution < 1.29 is 9.59 Å². The molecule has 116 valence electrons. The fraction of sp³-hybridized carbons (Fsp3) is 0.600. The molecular weight excluding hydrogens is 268 g/mol. The topological polar surface area (TPSA) is 84.0 Å². The van der Waals surface area contributed by atoms with Crippen molar-refractivity contribution in [2.24, 2.45) is 11.8 Å². The Balaban J connectivity index is 2.74. The predicted octanol–water partition coefficient (Wildman–Crippen LogP) is 1.39. The Labute approximate surface area is 125 Å². The number of amides is 2. The number of carbonyl (C=O) groups is 2. The lowest BCUT2D eigenvalue weighted by molar-refractivity contribution is -0.124. The zero-order valence-corrected chi connectivity index (χ0v) is 13.3. The average molecular weight is 292 g/mol. The molecule has 0 bridgehead atoms. The molecule has 0 aromatic carbocycles. The Kier molecular flexibility index (Phi) is 6.27. The number of rotatable bonds is 6. The summed E-state index contributed by atoms with van der Waals surface area (Å²) in [6, 6.07) is -0.548. The SMILES string of the molecule is CC(C)C(C)NC(=O)C(NC(=O)c1cnccn1)C(C)C. The van der Waals surface area contributed by atoms with Crippen LogP contribution in [-0.4, -0.2) is 33.9 Å². The van der Waals surface area contributed by atoms with Gasteiger partial charge in [-0.1, -0.05) is 27.7 Å². The van der Waals surface area contributed by atoms with Crippen LogP contribution in [-0.2, 0) is 4.79 Å². The average Bonchev–Trinajstić information content (AvgIpc) is 2.44. The summed E-state index contributed by atoms with van der Waals surface area (Å²) in [5.74, 6) is -0.264. The molecule has 0 radical (unpaired) electrons. The lowest BCUT2D eigenvalue weighted by Gasteiger charge is -2.25. The Morgan fingerprint density at radius 2 is 1.67 bits per heavy atom. The molecule has 1 aromatic rings. The molecule has 0 aliphatic carbocycles. The second kappa shape index (κ2) is 7.71. The molecule has 2 unspecified atom stereocenters. The van der Waals surface area contributed by atoms with Crippen LogP contribution < -0.4 is 10.6 Å². The van der Waals surface area contributed by atoms with Gasteiger partial charge in [0.15, 0.2) is 0 Å². The third-order valence-electron chi connectivity index (χ3n) is 3.40. The molecule has 0 aliphatic rings. The van der Waals surface area contributed by atoms with Crippen LogP contribution in [0.1, 0.15) is 45.1 Å². The first-order chi connectivity index (χ1) is 9.82. The highest BCUT2D eigenvalue weighted by atomic mass is 16.2. The number of hydrogen-bond acceptors (Lipinski definition) is 4. The summed E-state index contributed by atoms with van der Waals surface area (Å²) in [6.07, 6.45) is 4.31. The van der Waals surface area contributed by atoms with Crippen molar-refractivity contribution in [3.8, 4) is 0 Å².